The van der Waals surface area contributed by atoms with E-state index in [1.807, 2.05) is 0 Å². The maximum atomic E-state index is 6.62. The van der Waals surface area contributed by atoms with Crippen molar-refractivity contribution in [1.82, 2.24) is 19.9 Å². The third kappa shape index (κ3) is 6.41. The summed E-state index contributed by atoms with van der Waals surface area (Å²) >= 11 is 0. The number of hydrogen-bond donors (Lipinski definition) is 0. The zero-order valence-electron chi connectivity index (χ0n) is 23.0. The van der Waals surface area contributed by atoms with E-state index in [0.717, 1.165) is 125 Å². The highest BCUT2D eigenvalue weighted by molar-refractivity contribution is 5.85. The average molecular weight is 533 g/mol. The van der Waals surface area contributed by atoms with Gasteiger partial charge in [0.05, 0.1) is 30.9 Å². The molecule has 3 fully saturated rings. The van der Waals surface area contributed by atoms with Gasteiger partial charge in [-0.2, -0.15) is 0 Å². The first-order valence-corrected chi connectivity index (χ1v) is 14.7. The number of rotatable bonds is 8. The number of ether oxygens (including phenoxy) is 3. The van der Waals surface area contributed by atoms with Crippen LogP contribution < -0.4 is 14.5 Å². The van der Waals surface area contributed by atoms with E-state index in [9.17, 15) is 0 Å². The van der Waals surface area contributed by atoms with Crippen molar-refractivity contribution >= 4 is 22.5 Å². The van der Waals surface area contributed by atoms with Gasteiger partial charge < -0.3 is 24.0 Å². The third-order valence-corrected chi connectivity index (χ3v) is 8.36. The largest absolute Gasteiger partial charge is 0.488 e. The minimum atomic E-state index is 0.194. The lowest BCUT2D eigenvalue weighted by Crippen LogP contribution is -2.37. The van der Waals surface area contributed by atoms with Gasteiger partial charge in [-0.25, -0.2) is 15.0 Å². The molecule has 0 N–H and O–H groups in total. The summed E-state index contributed by atoms with van der Waals surface area (Å²) in [6, 6.07) is 6.47. The Balaban J connectivity index is 1.06. The van der Waals surface area contributed by atoms with Gasteiger partial charge in [0.1, 0.15) is 23.4 Å². The van der Waals surface area contributed by atoms with Crippen LogP contribution in [-0.4, -0.2) is 78.1 Å². The van der Waals surface area contributed by atoms with Gasteiger partial charge in [-0.15, -0.1) is 0 Å². The van der Waals surface area contributed by atoms with Crippen LogP contribution in [0.5, 0.6) is 5.75 Å². The molecule has 0 unspecified atom stereocenters. The van der Waals surface area contributed by atoms with Crippen LogP contribution in [0.15, 0.2) is 36.9 Å². The maximum absolute atomic E-state index is 6.62. The Morgan fingerprint density at radius 1 is 0.821 bits per heavy atom. The Labute approximate surface area is 230 Å². The standard InChI is InChI=1S/C30H40N6O3/c1-2-38-25-7-11-36(12-8-25)29-18-23(33-21-34-29)17-22-3-5-26(6-4-22)39-28-20-24(35-13-15-37-16-14-35)19-27-30(28)32-10-9-31-27/h9-10,18-22,25-26H,2-8,11-17H2,1H3. The fraction of sp³-hybridized carbons (Fsp3) is 0.600. The molecule has 4 heterocycles. The fourth-order valence-corrected chi connectivity index (χ4v) is 6.21. The minimum absolute atomic E-state index is 0.194. The zero-order valence-corrected chi connectivity index (χ0v) is 23.0. The van der Waals surface area contributed by atoms with Crippen molar-refractivity contribution in [2.24, 2.45) is 5.92 Å². The predicted octanol–water partition coefficient (Wildman–Crippen LogP) is 4.44. The van der Waals surface area contributed by atoms with Crippen molar-refractivity contribution in [1.29, 1.82) is 0 Å². The lowest BCUT2D eigenvalue weighted by Gasteiger charge is -2.33. The summed E-state index contributed by atoms with van der Waals surface area (Å²) in [5, 5.41) is 0. The van der Waals surface area contributed by atoms with E-state index >= 15 is 0 Å². The summed E-state index contributed by atoms with van der Waals surface area (Å²) in [6.45, 7) is 8.12. The number of aromatic nitrogens is 4. The zero-order chi connectivity index (χ0) is 26.4. The molecule has 0 radical (unpaired) electrons. The molecule has 3 aromatic rings. The quantitative estimate of drug-likeness (QED) is 0.418. The highest BCUT2D eigenvalue weighted by Gasteiger charge is 2.26. The van der Waals surface area contributed by atoms with E-state index in [2.05, 4.69) is 54.9 Å². The lowest BCUT2D eigenvalue weighted by atomic mass is 9.84. The molecule has 1 aromatic carbocycles. The monoisotopic (exact) mass is 532 g/mol. The van der Waals surface area contributed by atoms with Crippen LogP contribution in [-0.2, 0) is 15.9 Å². The van der Waals surface area contributed by atoms with Crippen LogP contribution in [0.3, 0.4) is 0 Å². The van der Waals surface area contributed by atoms with Gasteiger partial charge in [-0.1, -0.05) is 0 Å². The highest BCUT2D eigenvalue weighted by Crippen LogP contribution is 2.35. The third-order valence-electron chi connectivity index (χ3n) is 8.36. The van der Waals surface area contributed by atoms with Crippen molar-refractivity contribution in [3.8, 4) is 5.75 Å². The molecule has 0 bridgehead atoms. The van der Waals surface area contributed by atoms with E-state index in [1.165, 1.54) is 0 Å². The maximum Gasteiger partial charge on any atom is 0.149 e. The molecule has 2 aromatic heterocycles. The van der Waals surface area contributed by atoms with Gasteiger partial charge >= 0.3 is 0 Å². The Bertz CT molecular complexity index is 1220. The van der Waals surface area contributed by atoms with Crippen molar-refractivity contribution in [2.75, 3.05) is 55.8 Å². The van der Waals surface area contributed by atoms with Crippen LogP contribution in [0, 0.1) is 5.92 Å². The highest BCUT2D eigenvalue weighted by atomic mass is 16.5. The Hall–Kier alpha value is -3.04. The van der Waals surface area contributed by atoms with Crippen LogP contribution in [0.25, 0.3) is 11.0 Å². The number of benzene rings is 1. The van der Waals surface area contributed by atoms with Crippen molar-refractivity contribution in [3.05, 3.63) is 42.6 Å². The molecule has 1 aliphatic carbocycles. The van der Waals surface area contributed by atoms with Gasteiger partial charge in [-0.3, -0.25) is 4.98 Å². The van der Waals surface area contributed by atoms with Crippen LogP contribution >= 0.6 is 0 Å². The molecule has 2 saturated heterocycles. The number of anilines is 2. The van der Waals surface area contributed by atoms with Gasteiger partial charge in [0.25, 0.3) is 0 Å². The number of fused-ring (bicyclic) bond motifs is 1. The molecule has 208 valence electrons. The molecular weight excluding hydrogens is 492 g/mol. The molecule has 3 aliphatic rings. The van der Waals surface area contributed by atoms with E-state index in [-0.39, 0.29) is 6.10 Å². The molecular formula is C30H40N6O3. The van der Waals surface area contributed by atoms with Gasteiger partial charge in [-0.05, 0) is 63.9 Å². The second kappa shape index (κ2) is 12.4. The Kier molecular flexibility index (Phi) is 8.35. The molecule has 0 spiro atoms. The summed E-state index contributed by atoms with van der Waals surface area (Å²) in [6.07, 6.45) is 13.3. The van der Waals surface area contributed by atoms with Crippen LogP contribution in [0.2, 0.25) is 0 Å². The SMILES string of the molecule is CCOC1CCN(c2cc(CC3CCC(Oc4cc(N5CCOCC5)cc5nccnc45)CC3)ncn2)CC1. The Morgan fingerprint density at radius 3 is 2.41 bits per heavy atom. The van der Waals surface area contributed by atoms with Gasteiger partial charge in [0, 0.05) is 68.7 Å². The molecule has 6 rings (SSSR count). The topological polar surface area (TPSA) is 85.7 Å². The average Bonchev–Trinajstić information content (AvgIpc) is 2.99. The summed E-state index contributed by atoms with van der Waals surface area (Å²) in [5.41, 5.74) is 4.01. The number of hydrogen-bond acceptors (Lipinski definition) is 9. The first kappa shape index (κ1) is 26.2. The molecule has 39 heavy (non-hydrogen) atoms. The molecule has 0 atom stereocenters. The first-order valence-electron chi connectivity index (χ1n) is 14.7. The molecule has 1 saturated carbocycles. The molecule has 9 nitrogen and oxygen atoms in total. The molecule has 0 amide bonds. The fourth-order valence-electron chi connectivity index (χ4n) is 6.21. The molecule has 9 heteroatoms. The van der Waals surface area contributed by atoms with E-state index < -0.39 is 0 Å². The van der Waals surface area contributed by atoms with E-state index in [0.29, 0.717) is 12.0 Å². The second-order valence-electron chi connectivity index (χ2n) is 10.9. The first-order chi connectivity index (χ1) is 19.2. The van der Waals surface area contributed by atoms with Gasteiger partial charge in [0.15, 0.2) is 0 Å². The van der Waals surface area contributed by atoms with Crippen molar-refractivity contribution in [2.45, 2.75) is 64.1 Å². The van der Waals surface area contributed by atoms with Gasteiger partial charge in [0.2, 0.25) is 0 Å². The van der Waals surface area contributed by atoms with Crippen LogP contribution in [0.4, 0.5) is 11.5 Å². The summed E-state index contributed by atoms with van der Waals surface area (Å²) < 4.78 is 18.0. The number of nitrogens with zero attached hydrogens (tertiary/aromatic N) is 6. The molecule has 2 aliphatic heterocycles. The summed E-state index contributed by atoms with van der Waals surface area (Å²) in [4.78, 5) is 23.1. The predicted molar refractivity (Wildman–Crippen MR) is 152 cm³/mol. The van der Waals surface area contributed by atoms with E-state index in [1.54, 1.807) is 18.7 Å². The minimum Gasteiger partial charge on any atom is -0.488 e. The summed E-state index contributed by atoms with van der Waals surface area (Å²) in [5.74, 6) is 2.52. The normalized spacial score (nSPS) is 22.8. The number of morpholine rings is 1. The second-order valence-corrected chi connectivity index (χ2v) is 10.9. The number of piperidine rings is 1. The van der Waals surface area contributed by atoms with E-state index in [4.69, 9.17) is 14.2 Å². The van der Waals surface area contributed by atoms with Crippen molar-refractivity contribution in [3.63, 3.8) is 0 Å². The lowest BCUT2D eigenvalue weighted by molar-refractivity contribution is 0.0458. The van der Waals surface area contributed by atoms with Crippen molar-refractivity contribution < 1.29 is 14.2 Å². The van der Waals surface area contributed by atoms with Crippen LogP contribution in [0.1, 0.15) is 51.1 Å². The smallest absolute Gasteiger partial charge is 0.149 e. The summed E-state index contributed by atoms with van der Waals surface area (Å²) in [7, 11) is 0. The Morgan fingerprint density at radius 2 is 1.62 bits per heavy atom.